The van der Waals surface area contributed by atoms with Gasteiger partial charge in [-0.1, -0.05) is 249 Å². The molecule has 5 heteroatoms. The normalized spacial score (nSPS) is 13.0. The van der Waals surface area contributed by atoms with Crippen LogP contribution < -0.4 is 26.2 Å². The number of hydrogen-bond acceptors (Lipinski definition) is 3. The highest BCUT2D eigenvalue weighted by Crippen LogP contribution is 2.55. The van der Waals surface area contributed by atoms with Crippen LogP contribution in [0.15, 0.2) is 265 Å². The molecule has 2 aromatic heterocycles. The van der Waals surface area contributed by atoms with Crippen molar-refractivity contribution in [3.63, 3.8) is 0 Å². The highest BCUT2D eigenvalue weighted by atomic mass is 16.3. The predicted molar refractivity (Wildman–Crippen MR) is 380 cm³/mol. The molecule has 4 heterocycles. The minimum atomic E-state index is -0.278. The van der Waals surface area contributed by atoms with Gasteiger partial charge in [-0.25, -0.2) is 0 Å². The molecule has 2 aliphatic rings. The lowest BCUT2D eigenvalue weighted by Crippen LogP contribution is -2.61. The van der Waals surface area contributed by atoms with Crippen LogP contribution in [0.5, 0.6) is 0 Å². The van der Waals surface area contributed by atoms with Crippen molar-refractivity contribution < 1.29 is 4.42 Å². The lowest BCUT2D eigenvalue weighted by Gasteiger charge is -2.46. The van der Waals surface area contributed by atoms with Crippen molar-refractivity contribution in [2.24, 2.45) is 0 Å². The summed E-state index contributed by atoms with van der Waals surface area (Å²) in [5.74, 6) is 0. The van der Waals surface area contributed by atoms with Crippen LogP contribution in [0.4, 0.5) is 34.1 Å². The summed E-state index contributed by atoms with van der Waals surface area (Å²) in [6.45, 7) is 16.4. The Labute approximate surface area is 523 Å². The summed E-state index contributed by atoms with van der Waals surface area (Å²) in [4.78, 5) is 5.44. The van der Waals surface area contributed by atoms with Gasteiger partial charge < -0.3 is 18.8 Å². The minimum Gasteiger partial charge on any atom is -0.456 e. The third-order valence-corrected chi connectivity index (χ3v) is 19.0. The average molecular weight is 1150 g/mol. The smallest absolute Gasteiger partial charge is 0.252 e. The molecule has 0 fully saturated rings. The Kier molecular flexibility index (Phi) is 12.9. The number of aromatic nitrogens is 1. The molecule has 0 amide bonds. The van der Waals surface area contributed by atoms with E-state index in [0.717, 1.165) is 63.8 Å². The van der Waals surface area contributed by atoms with E-state index >= 15 is 0 Å². The fraction of sp³-hybridized carbons (Fsp3) is 0.143. The van der Waals surface area contributed by atoms with E-state index in [9.17, 15) is 0 Å². The van der Waals surface area contributed by atoms with Crippen molar-refractivity contribution in [3.8, 4) is 50.2 Å². The Morgan fingerprint density at radius 2 is 0.910 bits per heavy atom. The SMILES string of the molecule is CCCCc1cc2oc3ccccc3c2c(-c2ccccc2)c1N1c2cc(-n3c4ccccc4c4ccccc43)ccc2B2c3cc(-c4ccccc4)ccc3N(c3c(-c4ccccc4)cc(C(C)(C)C)cc3-c3ccccc3)c3cc(C(C)(C)C)cc1c32. The molecule has 14 aromatic rings. The Morgan fingerprint density at radius 3 is 1.49 bits per heavy atom. The second-order valence-electron chi connectivity index (χ2n) is 26.6. The first-order valence-corrected chi connectivity index (χ1v) is 31.8. The zero-order chi connectivity index (χ0) is 60.3. The van der Waals surface area contributed by atoms with E-state index in [-0.39, 0.29) is 17.5 Å². The van der Waals surface area contributed by atoms with Crippen molar-refractivity contribution in [1.29, 1.82) is 0 Å². The number of aryl methyl sites for hydroxylation is 1. The van der Waals surface area contributed by atoms with Crippen molar-refractivity contribution >= 4 is 101 Å². The van der Waals surface area contributed by atoms with Gasteiger partial charge in [0.25, 0.3) is 6.71 Å². The third-order valence-electron chi connectivity index (χ3n) is 19.0. The molecule has 0 aliphatic carbocycles. The first-order valence-electron chi connectivity index (χ1n) is 31.8. The van der Waals surface area contributed by atoms with Gasteiger partial charge >= 0.3 is 0 Å². The number of hydrogen-bond donors (Lipinski definition) is 0. The molecule has 0 unspecified atom stereocenters. The zero-order valence-corrected chi connectivity index (χ0v) is 51.8. The van der Waals surface area contributed by atoms with Gasteiger partial charge in [-0.15, -0.1) is 0 Å². The summed E-state index contributed by atoms with van der Waals surface area (Å²) in [5, 5.41) is 4.72. The Hall–Kier alpha value is -10.1. The fourth-order valence-corrected chi connectivity index (χ4v) is 14.7. The topological polar surface area (TPSA) is 24.6 Å². The van der Waals surface area contributed by atoms with E-state index in [0.29, 0.717) is 0 Å². The molecule has 0 radical (unpaired) electrons. The quantitative estimate of drug-likeness (QED) is 0.128. The van der Waals surface area contributed by atoms with Crippen LogP contribution in [0.25, 0.3) is 93.9 Å². The van der Waals surface area contributed by atoms with E-state index in [1.165, 1.54) is 117 Å². The molecule has 0 spiro atoms. The van der Waals surface area contributed by atoms with E-state index in [4.69, 9.17) is 4.42 Å². The maximum atomic E-state index is 7.04. The van der Waals surface area contributed by atoms with Crippen LogP contribution in [0, 0.1) is 0 Å². The van der Waals surface area contributed by atoms with Gasteiger partial charge in [0.15, 0.2) is 0 Å². The van der Waals surface area contributed by atoms with Gasteiger partial charge in [-0.2, -0.15) is 0 Å². The summed E-state index contributed by atoms with van der Waals surface area (Å²) in [5.41, 5.74) is 28.9. The molecule has 0 saturated heterocycles. The summed E-state index contributed by atoms with van der Waals surface area (Å²) in [7, 11) is 0. The number of nitrogens with zero attached hydrogens (tertiary/aromatic N) is 3. The first-order chi connectivity index (χ1) is 43.4. The van der Waals surface area contributed by atoms with Crippen LogP contribution in [-0.4, -0.2) is 11.3 Å². The van der Waals surface area contributed by atoms with Crippen molar-refractivity contribution in [2.75, 3.05) is 9.80 Å². The molecular weight excluding hydrogens is 1080 g/mol. The highest BCUT2D eigenvalue weighted by molar-refractivity contribution is 7.00. The molecule has 430 valence electrons. The Balaban J connectivity index is 1.11. The number of para-hydroxylation sites is 3. The molecule has 12 aromatic carbocycles. The van der Waals surface area contributed by atoms with Crippen molar-refractivity contribution in [2.45, 2.75) is 78.6 Å². The molecule has 0 saturated carbocycles. The van der Waals surface area contributed by atoms with Crippen molar-refractivity contribution in [1.82, 2.24) is 4.57 Å². The number of fused-ring (bicyclic) bond motifs is 10. The summed E-state index contributed by atoms with van der Waals surface area (Å²) in [6, 6.07) is 98.3. The summed E-state index contributed by atoms with van der Waals surface area (Å²) >= 11 is 0. The van der Waals surface area contributed by atoms with Gasteiger partial charge in [-0.05, 0) is 151 Å². The molecular formula is C84H70BN3O. The highest BCUT2D eigenvalue weighted by Gasteiger charge is 2.46. The molecule has 4 nitrogen and oxygen atoms in total. The maximum absolute atomic E-state index is 7.04. The Bertz CT molecular complexity index is 4970. The third kappa shape index (κ3) is 8.87. The van der Waals surface area contributed by atoms with E-state index in [2.05, 4.69) is 324 Å². The van der Waals surface area contributed by atoms with Crippen molar-refractivity contribution in [3.05, 3.63) is 278 Å². The van der Waals surface area contributed by atoms with Gasteiger partial charge in [0.2, 0.25) is 0 Å². The molecule has 0 bridgehead atoms. The van der Waals surface area contributed by atoms with Crippen LogP contribution in [0.1, 0.15) is 78.0 Å². The van der Waals surface area contributed by atoms with Gasteiger partial charge in [0.1, 0.15) is 11.2 Å². The second-order valence-corrected chi connectivity index (χ2v) is 26.6. The van der Waals surface area contributed by atoms with Crippen LogP contribution in [0.3, 0.4) is 0 Å². The standard InChI is InChI=1S/C84H70BN3O/c1-8-9-28-59-48-77-79(65-39-24-27-42-76(65)89-77)78(57-35-20-13-21-36-57)81(59)88-73-53-62(86-70-40-25-22-37-63(70)64-38-23-26-41-71(64)86)44-45-68(73)85-69-47-58(54-29-14-10-15-30-54)43-46-72(69)87(74-51-61(84(5,6)7)52-75(88)80(74)85)82-66(55-31-16-11-17-32-55)49-60(83(2,3)4)50-67(82)56-33-18-12-19-34-56/h10-27,29-53H,8-9,28H2,1-7H3. The molecule has 89 heavy (non-hydrogen) atoms. The Morgan fingerprint density at radius 1 is 0.393 bits per heavy atom. The molecule has 0 atom stereocenters. The van der Waals surface area contributed by atoms with Crippen LogP contribution in [-0.2, 0) is 17.3 Å². The van der Waals surface area contributed by atoms with E-state index < -0.39 is 0 Å². The second kappa shape index (κ2) is 21.1. The van der Waals surface area contributed by atoms with Gasteiger partial charge in [0.05, 0.1) is 22.4 Å². The van der Waals surface area contributed by atoms with Gasteiger partial charge in [0, 0.05) is 66.7 Å². The van der Waals surface area contributed by atoms with Gasteiger partial charge in [-0.3, -0.25) is 0 Å². The molecule has 2 aliphatic heterocycles. The number of benzene rings is 12. The van der Waals surface area contributed by atoms with Crippen LogP contribution >= 0.6 is 0 Å². The number of anilines is 6. The monoisotopic (exact) mass is 1150 g/mol. The van der Waals surface area contributed by atoms with E-state index in [1.807, 2.05) is 0 Å². The molecule has 16 rings (SSSR count). The van der Waals surface area contributed by atoms with E-state index in [1.54, 1.807) is 0 Å². The lowest BCUT2D eigenvalue weighted by atomic mass is 9.33. The first kappa shape index (κ1) is 54.3. The van der Waals surface area contributed by atoms with Crippen LogP contribution in [0.2, 0.25) is 0 Å². The molecule has 0 N–H and O–H groups in total. The number of unbranched alkanes of at least 4 members (excludes halogenated alkanes) is 1. The number of furan rings is 1. The zero-order valence-electron chi connectivity index (χ0n) is 51.8. The lowest BCUT2D eigenvalue weighted by molar-refractivity contribution is 0.590. The summed E-state index contributed by atoms with van der Waals surface area (Å²) in [6.07, 6.45) is 2.91. The minimum absolute atomic E-state index is 0.151. The fourth-order valence-electron chi connectivity index (χ4n) is 14.7. The largest absolute Gasteiger partial charge is 0.456 e. The predicted octanol–water partition coefficient (Wildman–Crippen LogP) is 21.4. The average Bonchev–Trinajstić information content (AvgIpc) is 0.778. The maximum Gasteiger partial charge on any atom is 0.252 e. The number of rotatable bonds is 10. The summed E-state index contributed by atoms with van der Waals surface area (Å²) < 4.78 is 9.54.